The van der Waals surface area contributed by atoms with Crippen molar-refractivity contribution in [3.8, 4) is 0 Å². The van der Waals surface area contributed by atoms with Gasteiger partial charge >= 0.3 is 223 Å². The van der Waals surface area contributed by atoms with Crippen LogP contribution in [0.3, 0.4) is 0 Å². The Morgan fingerprint density at radius 1 is 0.972 bits per heavy atom. The van der Waals surface area contributed by atoms with Crippen LogP contribution in [0.2, 0.25) is 0 Å². The van der Waals surface area contributed by atoms with Crippen molar-refractivity contribution in [3.05, 3.63) is 107 Å². The minimum absolute atomic E-state index is 0.109. The molecule has 1 aliphatic carbocycles. The van der Waals surface area contributed by atoms with Gasteiger partial charge in [-0.15, -0.1) is 0 Å². The van der Waals surface area contributed by atoms with Gasteiger partial charge in [-0.1, -0.05) is 0 Å². The molecule has 0 radical (unpaired) electrons. The zero-order chi connectivity index (χ0) is 25.9. The van der Waals surface area contributed by atoms with E-state index in [1.807, 2.05) is 6.92 Å². The number of hydrogen-bond acceptors (Lipinski definition) is 2. The summed E-state index contributed by atoms with van der Waals surface area (Å²) < 4.78 is 7.66. The SMILES string of the molecule is CCOC(=O)C=Cc1ccc([Se]c2ccc3c(c2)C(C)(C)CC=C3c2ccc(C(C)(C)C)cc2)cc1. The molecule has 0 saturated heterocycles. The van der Waals surface area contributed by atoms with Crippen molar-refractivity contribution in [1.29, 1.82) is 0 Å². The fourth-order valence-corrected chi connectivity index (χ4v) is 6.32. The monoisotopic (exact) mass is 544 g/mol. The predicted octanol–water partition coefficient (Wildman–Crippen LogP) is 6.33. The van der Waals surface area contributed by atoms with E-state index in [0.29, 0.717) is 6.61 Å². The molecule has 3 aromatic carbocycles. The Morgan fingerprint density at radius 2 is 1.64 bits per heavy atom. The second-order valence-electron chi connectivity index (χ2n) is 11.0. The first-order chi connectivity index (χ1) is 17.1. The zero-order valence-electron chi connectivity index (χ0n) is 22.2. The van der Waals surface area contributed by atoms with Crippen LogP contribution in [-0.2, 0) is 20.4 Å². The Balaban J connectivity index is 1.56. The fraction of sp³-hybridized carbons (Fsp3) is 0.303. The molecule has 0 amide bonds. The number of allylic oxidation sites excluding steroid dienone is 1. The van der Waals surface area contributed by atoms with Crippen LogP contribution in [0.5, 0.6) is 0 Å². The molecule has 0 heterocycles. The van der Waals surface area contributed by atoms with Gasteiger partial charge in [-0.05, 0) is 0 Å². The number of rotatable bonds is 6. The standard InChI is InChI=1S/C33H36O2Se/c1-7-35-31(34)19-10-23-8-15-26(16-9-23)36-27-17-18-29-28(20-21-33(5,6)30(29)22-27)24-11-13-25(14-12-24)32(2,3)4/h8-20,22H,7,21H2,1-6H3. The molecule has 0 unspecified atom stereocenters. The first-order valence-corrected chi connectivity index (χ1v) is 14.4. The third kappa shape index (κ3) is 6.09. The third-order valence-electron chi connectivity index (χ3n) is 6.70. The molecule has 36 heavy (non-hydrogen) atoms. The van der Waals surface area contributed by atoms with Crippen molar-refractivity contribution in [3.63, 3.8) is 0 Å². The molecule has 0 bridgehead atoms. The summed E-state index contributed by atoms with van der Waals surface area (Å²) >= 11 is 0.212. The van der Waals surface area contributed by atoms with Crippen molar-refractivity contribution in [2.45, 2.75) is 58.8 Å². The van der Waals surface area contributed by atoms with Crippen molar-refractivity contribution in [2.24, 2.45) is 0 Å². The summed E-state index contributed by atoms with van der Waals surface area (Å²) in [7, 11) is 0. The van der Waals surface area contributed by atoms with Crippen LogP contribution < -0.4 is 8.92 Å². The first kappa shape index (κ1) is 26.2. The van der Waals surface area contributed by atoms with Gasteiger partial charge in [0, 0.05) is 0 Å². The van der Waals surface area contributed by atoms with Crippen LogP contribution in [0, 0.1) is 0 Å². The summed E-state index contributed by atoms with van der Waals surface area (Å²) in [5, 5.41) is 0. The molecule has 0 saturated carbocycles. The third-order valence-corrected chi connectivity index (χ3v) is 8.80. The van der Waals surface area contributed by atoms with E-state index in [1.165, 1.54) is 42.8 Å². The second-order valence-corrected chi connectivity index (χ2v) is 13.4. The molecule has 0 atom stereocenters. The Bertz CT molecular complexity index is 1290. The topological polar surface area (TPSA) is 26.3 Å². The summed E-state index contributed by atoms with van der Waals surface area (Å²) in [4.78, 5) is 11.6. The Hall–Kier alpha value is -2.87. The quantitative estimate of drug-likeness (QED) is 0.206. The Kier molecular flexibility index (Phi) is 7.73. The van der Waals surface area contributed by atoms with Gasteiger partial charge in [-0.3, -0.25) is 0 Å². The maximum atomic E-state index is 11.6. The number of carbonyl (C=O) groups is 1. The molecule has 1 aliphatic rings. The number of hydrogen-bond donors (Lipinski definition) is 0. The summed E-state index contributed by atoms with van der Waals surface area (Å²) in [6.45, 7) is 13.7. The van der Waals surface area contributed by atoms with Crippen LogP contribution in [-0.4, -0.2) is 27.5 Å². The molecule has 0 N–H and O–H groups in total. The number of carbonyl (C=O) groups excluding carboxylic acids is 1. The molecule has 0 aromatic heterocycles. The maximum absolute atomic E-state index is 11.6. The fourth-order valence-electron chi connectivity index (χ4n) is 4.52. The van der Waals surface area contributed by atoms with Crippen molar-refractivity contribution >= 4 is 41.5 Å². The van der Waals surface area contributed by atoms with Gasteiger partial charge in [0.1, 0.15) is 0 Å². The van der Waals surface area contributed by atoms with Crippen molar-refractivity contribution < 1.29 is 9.53 Å². The average molecular weight is 544 g/mol. The minimum atomic E-state index is -0.305. The summed E-state index contributed by atoms with van der Waals surface area (Å²) in [6, 6.07) is 24.6. The second kappa shape index (κ2) is 10.6. The molecule has 3 heteroatoms. The number of ether oxygens (including phenoxy) is 1. The van der Waals surface area contributed by atoms with Crippen LogP contribution >= 0.6 is 0 Å². The number of esters is 1. The van der Waals surface area contributed by atoms with E-state index in [0.717, 1.165) is 12.0 Å². The van der Waals surface area contributed by atoms with Crippen LogP contribution in [0.1, 0.15) is 75.8 Å². The Labute approximate surface area is 222 Å². The van der Waals surface area contributed by atoms with E-state index >= 15 is 0 Å². The van der Waals surface area contributed by atoms with Crippen molar-refractivity contribution in [1.82, 2.24) is 0 Å². The number of benzene rings is 3. The Morgan fingerprint density at radius 3 is 2.28 bits per heavy atom. The van der Waals surface area contributed by atoms with Gasteiger partial charge < -0.3 is 0 Å². The summed E-state index contributed by atoms with van der Waals surface area (Å²) in [5.74, 6) is -0.305. The molecule has 3 aromatic rings. The van der Waals surface area contributed by atoms with Crippen LogP contribution in [0.4, 0.5) is 0 Å². The average Bonchev–Trinajstić information content (AvgIpc) is 2.84. The molecule has 186 valence electrons. The van der Waals surface area contributed by atoms with Gasteiger partial charge in [-0.25, -0.2) is 0 Å². The van der Waals surface area contributed by atoms with E-state index in [1.54, 1.807) is 6.08 Å². The van der Waals surface area contributed by atoms with Gasteiger partial charge in [0.05, 0.1) is 0 Å². The molecule has 0 spiro atoms. The van der Waals surface area contributed by atoms with E-state index in [-0.39, 0.29) is 31.8 Å². The first-order valence-electron chi connectivity index (χ1n) is 12.7. The summed E-state index contributed by atoms with van der Waals surface area (Å²) in [5.41, 5.74) is 8.07. The summed E-state index contributed by atoms with van der Waals surface area (Å²) in [6.07, 6.45) is 6.74. The molecule has 4 rings (SSSR count). The molecule has 0 aliphatic heterocycles. The normalized spacial score (nSPS) is 14.9. The van der Waals surface area contributed by atoms with Gasteiger partial charge in [0.15, 0.2) is 0 Å². The van der Waals surface area contributed by atoms with E-state index < -0.39 is 0 Å². The van der Waals surface area contributed by atoms with Gasteiger partial charge in [0.25, 0.3) is 0 Å². The van der Waals surface area contributed by atoms with Gasteiger partial charge in [-0.2, -0.15) is 0 Å². The van der Waals surface area contributed by atoms with Crippen molar-refractivity contribution in [2.75, 3.05) is 6.61 Å². The number of fused-ring (bicyclic) bond motifs is 1. The van der Waals surface area contributed by atoms with E-state index in [4.69, 9.17) is 4.74 Å². The molecular weight excluding hydrogens is 507 g/mol. The van der Waals surface area contributed by atoms with Crippen LogP contribution in [0.25, 0.3) is 11.6 Å². The molecule has 0 fully saturated rings. The molecule has 2 nitrogen and oxygen atoms in total. The van der Waals surface area contributed by atoms with E-state index in [2.05, 4.69) is 107 Å². The van der Waals surface area contributed by atoms with Gasteiger partial charge in [0.2, 0.25) is 0 Å². The van der Waals surface area contributed by atoms with E-state index in [9.17, 15) is 4.79 Å². The molecular formula is C33H36O2Se. The predicted molar refractivity (Wildman–Crippen MR) is 153 cm³/mol. The zero-order valence-corrected chi connectivity index (χ0v) is 23.9. The van der Waals surface area contributed by atoms with Crippen LogP contribution in [0.15, 0.2) is 78.9 Å².